The number of benzene rings is 2. The number of aliphatic hydroxyl groups is 1. The van der Waals surface area contributed by atoms with Gasteiger partial charge in [0.1, 0.15) is 0 Å². The Bertz CT molecular complexity index is 1220. The first-order chi connectivity index (χ1) is 16.6. The minimum absolute atomic E-state index is 0.0508. The lowest BCUT2D eigenvalue weighted by molar-refractivity contribution is -0.109. The molecular formula is C29H31N3O2. The summed E-state index contributed by atoms with van der Waals surface area (Å²) in [6.07, 6.45) is 9.71. The molecule has 8 rings (SSSR count). The molecule has 2 N–H and O–H groups in total. The van der Waals surface area contributed by atoms with Crippen LogP contribution in [-0.4, -0.2) is 32.2 Å². The summed E-state index contributed by atoms with van der Waals surface area (Å²) >= 11 is 0. The van der Waals surface area contributed by atoms with Crippen molar-refractivity contribution in [2.24, 2.45) is 23.7 Å². The van der Waals surface area contributed by atoms with Crippen molar-refractivity contribution >= 4 is 5.91 Å². The number of rotatable bonds is 5. The van der Waals surface area contributed by atoms with E-state index in [1.165, 1.54) is 24.0 Å². The van der Waals surface area contributed by atoms with Crippen LogP contribution in [0.5, 0.6) is 0 Å². The molecular weight excluding hydrogens is 422 g/mol. The van der Waals surface area contributed by atoms with Crippen LogP contribution >= 0.6 is 0 Å². The van der Waals surface area contributed by atoms with Crippen molar-refractivity contribution in [1.82, 2.24) is 14.9 Å². The van der Waals surface area contributed by atoms with Gasteiger partial charge in [0, 0.05) is 16.7 Å². The number of imidazole rings is 1. The Hall–Kier alpha value is -2.92. The Morgan fingerprint density at radius 2 is 1.79 bits per heavy atom. The van der Waals surface area contributed by atoms with Crippen molar-refractivity contribution in [3.63, 3.8) is 0 Å². The van der Waals surface area contributed by atoms with Crippen LogP contribution in [0.3, 0.4) is 0 Å². The van der Waals surface area contributed by atoms with Gasteiger partial charge in [-0.15, -0.1) is 0 Å². The number of amides is 1. The second kappa shape index (κ2) is 7.54. The van der Waals surface area contributed by atoms with Crippen molar-refractivity contribution in [2.75, 3.05) is 0 Å². The minimum atomic E-state index is -0.344. The van der Waals surface area contributed by atoms with Crippen molar-refractivity contribution in [2.45, 2.75) is 56.2 Å². The van der Waals surface area contributed by atoms with Crippen LogP contribution < -0.4 is 5.32 Å². The zero-order chi connectivity index (χ0) is 22.9. The van der Waals surface area contributed by atoms with Crippen molar-refractivity contribution in [3.8, 4) is 11.3 Å². The second-order valence-corrected chi connectivity index (χ2v) is 11.2. The molecule has 5 aliphatic rings. The fraction of sp³-hybridized carbons (Fsp3) is 0.448. The maximum atomic E-state index is 13.0. The van der Waals surface area contributed by atoms with Crippen LogP contribution in [0.2, 0.25) is 0 Å². The summed E-state index contributed by atoms with van der Waals surface area (Å²) in [6.45, 7) is 0. The Balaban J connectivity index is 1.11. The minimum Gasteiger partial charge on any atom is -0.393 e. The van der Waals surface area contributed by atoms with E-state index in [1.54, 1.807) is 0 Å². The van der Waals surface area contributed by atoms with E-state index in [0.29, 0.717) is 23.7 Å². The number of nitrogens with zero attached hydrogens (tertiary/aromatic N) is 2. The summed E-state index contributed by atoms with van der Waals surface area (Å²) in [5.41, 5.74) is 4.34. The van der Waals surface area contributed by atoms with E-state index in [9.17, 15) is 9.90 Å². The molecule has 3 aromatic rings. The van der Waals surface area contributed by atoms with E-state index < -0.39 is 0 Å². The molecule has 1 aliphatic heterocycles. The first-order valence-electron chi connectivity index (χ1n) is 12.8. The SMILES string of the molecule is O=C(NC12CC3CC(C1)C(C(O)CC1c4ccccc4-c4cncn41)[C@@H](C3)C2)c1ccccc1. The van der Waals surface area contributed by atoms with Gasteiger partial charge in [0.25, 0.3) is 5.91 Å². The van der Waals surface area contributed by atoms with Gasteiger partial charge < -0.3 is 15.0 Å². The highest BCUT2D eigenvalue weighted by Gasteiger charge is 2.57. The van der Waals surface area contributed by atoms with Gasteiger partial charge in [-0.2, -0.15) is 0 Å². The Labute approximate surface area is 200 Å². The van der Waals surface area contributed by atoms with E-state index in [1.807, 2.05) is 42.9 Å². The summed E-state index contributed by atoms with van der Waals surface area (Å²) in [4.78, 5) is 17.4. The van der Waals surface area contributed by atoms with Crippen LogP contribution in [0.25, 0.3) is 11.3 Å². The third-order valence-electron chi connectivity index (χ3n) is 9.27. The smallest absolute Gasteiger partial charge is 0.251 e. The molecule has 174 valence electrons. The van der Waals surface area contributed by atoms with E-state index in [4.69, 9.17) is 0 Å². The van der Waals surface area contributed by atoms with Crippen LogP contribution in [0.4, 0.5) is 0 Å². The molecule has 1 amide bonds. The Morgan fingerprint density at radius 1 is 1.06 bits per heavy atom. The standard InChI is InChI=1S/C29H31N3O2/c33-26(12-24-22-8-4-5-9-23(22)25-16-30-17-32(24)25)27-20-10-18-11-21(27)15-29(13-18,14-20)31-28(34)19-6-2-1-3-7-19/h1-9,16-18,20-21,24,26-27,33H,10-15H2,(H,31,34)/t18?,20-,21?,24?,26?,27?,29?/m0/s1. The molecule has 2 heterocycles. The van der Waals surface area contributed by atoms with Gasteiger partial charge in [-0.05, 0) is 79.9 Å². The number of carbonyl (C=O) groups excluding carboxylic acids is 1. The number of nitrogens with one attached hydrogen (secondary N) is 1. The number of aliphatic hydroxyl groups excluding tert-OH is 1. The quantitative estimate of drug-likeness (QED) is 0.582. The second-order valence-electron chi connectivity index (χ2n) is 11.2. The molecule has 5 heteroatoms. The average Bonchev–Trinajstić information content (AvgIpc) is 3.41. The van der Waals surface area contributed by atoms with Crippen molar-refractivity contribution < 1.29 is 9.90 Å². The van der Waals surface area contributed by atoms with Gasteiger partial charge >= 0.3 is 0 Å². The first kappa shape index (κ1) is 20.5. The number of aromatic nitrogens is 2. The number of hydrogen-bond donors (Lipinski definition) is 2. The molecule has 7 atom stereocenters. The Kier molecular flexibility index (Phi) is 4.54. The third-order valence-corrected chi connectivity index (χ3v) is 9.27. The number of fused-ring (bicyclic) bond motifs is 3. The van der Waals surface area contributed by atoms with E-state index >= 15 is 0 Å². The highest BCUT2D eigenvalue weighted by Crippen LogP contribution is 2.60. The lowest BCUT2D eigenvalue weighted by atomic mass is 9.48. The maximum Gasteiger partial charge on any atom is 0.251 e. The molecule has 0 saturated heterocycles. The zero-order valence-electron chi connectivity index (χ0n) is 19.3. The summed E-state index contributed by atoms with van der Waals surface area (Å²) in [5, 5.41) is 15.1. The fourth-order valence-corrected chi connectivity index (χ4v) is 8.31. The van der Waals surface area contributed by atoms with E-state index in [2.05, 4.69) is 39.1 Å². The van der Waals surface area contributed by atoms with Gasteiger partial charge in [0.15, 0.2) is 0 Å². The molecule has 1 aromatic heterocycles. The monoisotopic (exact) mass is 453 g/mol. The predicted molar refractivity (Wildman–Crippen MR) is 130 cm³/mol. The molecule has 4 aliphatic carbocycles. The van der Waals surface area contributed by atoms with Gasteiger partial charge in [0.2, 0.25) is 0 Å². The summed E-state index contributed by atoms with van der Waals surface area (Å²) in [7, 11) is 0. The van der Waals surface area contributed by atoms with E-state index in [0.717, 1.165) is 36.9 Å². The lowest BCUT2D eigenvalue weighted by Crippen LogP contribution is -2.63. The van der Waals surface area contributed by atoms with Crippen molar-refractivity contribution in [3.05, 3.63) is 78.2 Å². The molecule has 5 nitrogen and oxygen atoms in total. The molecule has 0 spiro atoms. The van der Waals surface area contributed by atoms with E-state index in [-0.39, 0.29) is 23.6 Å². The molecule has 2 aromatic carbocycles. The summed E-state index contributed by atoms with van der Waals surface area (Å²) < 4.78 is 2.24. The number of carbonyl (C=O) groups is 1. The largest absolute Gasteiger partial charge is 0.393 e. The lowest BCUT2D eigenvalue weighted by Gasteiger charge is -2.61. The fourth-order valence-electron chi connectivity index (χ4n) is 8.31. The first-order valence-corrected chi connectivity index (χ1v) is 12.8. The summed E-state index contributed by atoms with van der Waals surface area (Å²) in [5.74, 6) is 2.00. The van der Waals surface area contributed by atoms with Gasteiger partial charge in [-0.3, -0.25) is 4.79 Å². The zero-order valence-corrected chi connectivity index (χ0v) is 19.3. The molecule has 4 bridgehead atoms. The summed E-state index contributed by atoms with van der Waals surface area (Å²) in [6, 6.07) is 18.3. The molecule has 0 radical (unpaired) electrons. The topological polar surface area (TPSA) is 67.2 Å². The van der Waals surface area contributed by atoms with Crippen LogP contribution in [-0.2, 0) is 0 Å². The molecule has 34 heavy (non-hydrogen) atoms. The highest BCUT2D eigenvalue weighted by molar-refractivity contribution is 5.94. The Morgan fingerprint density at radius 3 is 2.59 bits per heavy atom. The number of hydrogen-bond acceptors (Lipinski definition) is 3. The molecule has 4 saturated carbocycles. The molecule has 6 unspecified atom stereocenters. The average molecular weight is 454 g/mol. The van der Waals surface area contributed by atoms with Crippen LogP contribution in [0, 0.1) is 23.7 Å². The van der Waals surface area contributed by atoms with Gasteiger partial charge in [-0.1, -0.05) is 42.5 Å². The van der Waals surface area contributed by atoms with Crippen molar-refractivity contribution in [1.29, 1.82) is 0 Å². The van der Waals surface area contributed by atoms with Crippen LogP contribution in [0.15, 0.2) is 67.1 Å². The maximum absolute atomic E-state index is 13.0. The van der Waals surface area contributed by atoms with Gasteiger partial charge in [0.05, 0.1) is 30.4 Å². The predicted octanol–water partition coefficient (Wildman–Crippen LogP) is 4.83. The molecule has 4 fully saturated rings. The van der Waals surface area contributed by atoms with Crippen LogP contribution in [0.1, 0.15) is 60.5 Å². The normalized spacial score (nSPS) is 33.4. The third kappa shape index (κ3) is 3.09. The highest BCUT2D eigenvalue weighted by atomic mass is 16.3. The van der Waals surface area contributed by atoms with Gasteiger partial charge in [-0.25, -0.2) is 4.98 Å².